The summed E-state index contributed by atoms with van der Waals surface area (Å²) >= 11 is 0. The minimum atomic E-state index is -0.0751. The maximum absolute atomic E-state index is 11.5. The first kappa shape index (κ1) is 14.4. The monoisotopic (exact) mass is 288 g/mol. The Labute approximate surface area is 126 Å². The van der Waals surface area contributed by atoms with Crippen LogP contribution in [0.5, 0.6) is 5.75 Å². The molecule has 4 heteroatoms. The molecule has 1 fully saturated rings. The summed E-state index contributed by atoms with van der Waals surface area (Å²) in [7, 11) is 0. The van der Waals surface area contributed by atoms with Gasteiger partial charge in [-0.15, -0.1) is 0 Å². The third-order valence-electron chi connectivity index (χ3n) is 4.78. The number of hydrogen-bond donors (Lipinski definition) is 2. The lowest BCUT2D eigenvalue weighted by Crippen LogP contribution is -2.30. The lowest BCUT2D eigenvalue weighted by molar-refractivity contribution is -0.118. The molecule has 0 aromatic heterocycles. The maximum Gasteiger partial charge on any atom is 0.262 e. The smallest absolute Gasteiger partial charge is 0.262 e. The van der Waals surface area contributed by atoms with E-state index in [1.54, 1.807) is 0 Å². The second-order valence-corrected chi connectivity index (χ2v) is 6.20. The Hall–Kier alpha value is -1.55. The molecule has 1 amide bonds. The van der Waals surface area contributed by atoms with Crippen molar-refractivity contribution in [2.75, 3.05) is 18.5 Å². The molecule has 1 saturated carbocycles. The molecule has 1 aliphatic heterocycles. The van der Waals surface area contributed by atoms with Crippen molar-refractivity contribution >= 4 is 11.6 Å². The van der Waals surface area contributed by atoms with Crippen LogP contribution in [0.25, 0.3) is 0 Å². The first-order valence-corrected chi connectivity index (χ1v) is 7.99. The molecule has 1 aromatic rings. The minimum Gasteiger partial charge on any atom is -0.482 e. The Morgan fingerprint density at radius 3 is 3.00 bits per heavy atom. The molecule has 2 aliphatic rings. The molecular formula is C17H24N2O2. The Morgan fingerprint density at radius 2 is 2.29 bits per heavy atom. The fourth-order valence-corrected chi connectivity index (χ4v) is 3.70. The fraction of sp³-hybridized carbons (Fsp3) is 0.588. The van der Waals surface area contributed by atoms with E-state index < -0.39 is 0 Å². The van der Waals surface area contributed by atoms with Crippen LogP contribution in [0.1, 0.15) is 44.7 Å². The van der Waals surface area contributed by atoms with Crippen LogP contribution in [0.15, 0.2) is 18.2 Å². The predicted molar refractivity (Wildman–Crippen MR) is 83.5 cm³/mol. The van der Waals surface area contributed by atoms with E-state index in [0.29, 0.717) is 12.0 Å². The number of fused-ring (bicyclic) bond motifs is 1. The van der Waals surface area contributed by atoms with Gasteiger partial charge in [0, 0.05) is 6.04 Å². The van der Waals surface area contributed by atoms with Crippen LogP contribution in [-0.4, -0.2) is 19.1 Å². The van der Waals surface area contributed by atoms with Crippen molar-refractivity contribution in [1.29, 1.82) is 0 Å². The quantitative estimate of drug-likeness (QED) is 0.895. The van der Waals surface area contributed by atoms with Gasteiger partial charge >= 0.3 is 0 Å². The highest BCUT2D eigenvalue weighted by Gasteiger charge is 2.32. The lowest BCUT2D eigenvalue weighted by atomic mass is 9.85. The number of carbonyl (C=O) groups is 1. The van der Waals surface area contributed by atoms with Crippen molar-refractivity contribution in [3.63, 3.8) is 0 Å². The summed E-state index contributed by atoms with van der Waals surface area (Å²) in [6.45, 7) is 5.57. The van der Waals surface area contributed by atoms with E-state index >= 15 is 0 Å². The highest BCUT2D eigenvalue weighted by molar-refractivity contribution is 5.95. The van der Waals surface area contributed by atoms with Gasteiger partial charge < -0.3 is 15.4 Å². The third-order valence-corrected chi connectivity index (χ3v) is 4.78. The SMILES string of the molecule is CCNC(c1ccc2c(c1)NC(=O)CO2)C1CCCC1C. The summed E-state index contributed by atoms with van der Waals surface area (Å²) in [6.07, 6.45) is 3.91. The maximum atomic E-state index is 11.5. The third kappa shape index (κ3) is 2.91. The zero-order valence-corrected chi connectivity index (χ0v) is 12.8. The Morgan fingerprint density at radius 1 is 1.43 bits per heavy atom. The van der Waals surface area contributed by atoms with Crippen LogP contribution in [0, 0.1) is 11.8 Å². The largest absolute Gasteiger partial charge is 0.482 e. The number of benzene rings is 1. The molecule has 3 rings (SSSR count). The molecular weight excluding hydrogens is 264 g/mol. The number of rotatable bonds is 4. The van der Waals surface area contributed by atoms with Crippen molar-refractivity contribution in [3.05, 3.63) is 23.8 Å². The van der Waals surface area contributed by atoms with Gasteiger partial charge in [0.2, 0.25) is 0 Å². The van der Waals surface area contributed by atoms with Crippen LogP contribution in [-0.2, 0) is 4.79 Å². The van der Waals surface area contributed by atoms with E-state index in [-0.39, 0.29) is 12.5 Å². The molecule has 0 radical (unpaired) electrons. The van der Waals surface area contributed by atoms with E-state index in [1.165, 1.54) is 24.8 Å². The van der Waals surface area contributed by atoms with Gasteiger partial charge in [-0.3, -0.25) is 4.79 Å². The van der Waals surface area contributed by atoms with E-state index in [1.807, 2.05) is 6.07 Å². The zero-order valence-electron chi connectivity index (χ0n) is 12.8. The average Bonchev–Trinajstić information content (AvgIpc) is 2.90. The molecule has 4 nitrogen and oxygen atoms in total. The van der Waals surface area contributed by atoms with E-state index in [0.717, 1.165) is 23.9 Å². The van der Waals surface area contributed by atoms with Crippen molar-refractivity contribution in [2.24, 2.45) is 11.8 Å². The van der Waals surface area contributed by atoms with Crippen LogP contribution in [0.4, 0.5) is 5.69 Å². The number of carbonyl (C=O) groups excluding carboxylic acids is 1. The number of amides is 1. The van der Waals surface area contributed by atoms with Gasteiger partial charge in [-0.1, -0.05) is 32.8 Å². The van der Waals surface area contributed by atoms with E-state index in [9.17, 15) is 4.79 Å². The highest BCUT2D eigenvalue weighted by atomic mass is 16.5. The van der Waals surface area contributed by atoms with Crippen LogP contribution < -0.4 is 15.4 Å². The van der Waals surface area contributed by atoms with E-state index in [4.69, 9.17) is 4.74 Å². The standard InChI is InChI=1S/C17H24N2O2/c1-3-18-17(13-6-4-5-11(13)2)12-7-8-15-14(9-12)19-16(20)10-21-15/h7-9,11,13,17-18H,3-6,10H2,1-2H3,(H,19,20). The van der Waals surface area contributed by atoms with Gasteiger partial charge in [0.1, 0.15) is 5.75 Å². The molecule has 114 valence electrons. The predicted octanol–water partition coefficient (Wildman–Crippen LogP) is 3.10. The number of ether oxygens (including phenoxy) is 1. The van der Waals surface area contributed by atoms with Crippen LogP contribution in [0.3, 0.4) is 0 Å². The second kappa shape index (κ2) is 6.06. The summed E-state index contributed by atoms with van der Waals surface area (Å²) < 4.78 is 5.44. The minimum absolute atomic E-state index is 0.0751. The summed E-state index contributed by atoms with van der Waals surface area (Å²) in [5.74, 6) is 2.11. The summed E-state index contributed by atoms with van der Waals surface area (Å²) in [5.41, 5.74) is 2.05. The molecule has 21 heavy (non-hydrogen) atoms. The zero-order chi connectivity index (χ0) is 14.8. The first-order chi connectivity index (χ1) is 10.2. The Balaban J connectivity index is 1.89. The summed E-state index contributed by atoms with van der Waals surface area (Å²) in [4.78, 5) is 11.5. The normalized spacial score (nSPS) is 25.9. The molecule has 1 aromatic carbocycles. The average molecular weight is 288 g/mol. The topological polar surface area (TPSA) is 50.4 Å². The van der Waals surface area contributed by atoms with Crippen molar-refractivity contribution in [1.82, 2.24) is 5.32 Å². The lowest BCUT2D eigenvalue weighted by Gasteiger charge is -2.29. The molecule has 3 unspecified atom stereocenters. The fourth-order valence-electron chi connectivity index (χ4n) is 3.70. The van der Waals surface area contributed by atoms with E-state index in [2.05, 4.69) is 36.6 Å². The van der Waals surface area contributed by atoms with Gasteiger partial charge in [-0.05, 0) is 42.5 Å². The number of hydrogen-bond acceptors (Lipinski definition) is 3. The first-order valence-electron chi connectivity index (χ1n) is 7.99. The van der Waals surface area contributed by atoms with Gasteiger partial charge in [-0.2, -0.15) is 0 Å². The van der Waals surface area contributed by atoms with Crippen molar-refractivity contribution in [2.45, 2.75) is 39.2 Å². The second-order valence-electron chi connectivity index (χ2n) is 6.20. The van der Waals surface area contributed by atoms with Crippen molar-refractivity contribution in [3.8, 4) is 5.75 Å². The van der Waals surface area contributed by atoms with Crippen LogP contribution >= 0.6 is 0 Å². The van der Waals surface area contributed by atoms with Gasteiger partial charge in [0.25, 0.3) is 5.91 Å². The Kier molecular flexibility index (Phi) is 4.15. The molecule has 3 atom stereocenters. The van der Waals surface area contributed by atoms with Gasteiger partial charge in [0.15, 0.2) is 6.61 Å². The number of nitrogens with one attached hydrogen (secondary N) is 2. The van der Waals surface area contributed by atoms with Gasteiger partial charge in [0.05, 0.1) is 5.69 Å². The summed E-state index contributed by atoms with van der Waals surface area (Å²) in [6, 6.07) is 6.55. The number of anilines is 1. The summed E-state index contributed by atoms with van der Waals surface area (Å²) in [5, 5.41) is 6.54. The van der Waals surface area contributed by atoms with Crippen molar-refractivity contribution < 1.29 is 9.53 Å². The molecule has 1 aliphatic carbocycles. The molecule has 0 bridgehead atoms. The highest BCUT2D eigenvalue weighted by Crippen LogP contribution is 2.41. The molecule has 0 spiro atoms. The van der Waals surface area contributed by atoms with Gasteiger partial charge in [-0.25, -0.2) is 0 Å². The Bertz CT molecular complexity index is 530. The molecule has 2 N–H and O–H groups in total. The molecule has 0 saturated heterocycles. The van der Waals surface area contributed by atoms with Crippen LogP contribution in [0.2, 0.25) is 0 Å². The molecule has 1 heterocycles.